The van der Waals surface area contributed by atoms with Crippen molar-refractivity contribution >= 4 is 35.5 Å². The maximum atomic E-state index is 11.7. The average molecular weight is 353 g/mol. The van der Waals surface area contributed by atoms with E-state index in [2.05, 4.69) is 16.9 Å². The summed E-state index contributed by atoms with van der Waals surface area (Å²) in [6.07, 6.45) is 6.81. The third-order valence-corrected chi connectivity index (χ3v) is 4.89. The standard InChI is InChI=1S/C19H19N3O4/c1-11-4-7-22(8-5-11)18-15(19(24)25)16(23)14(26-18)9-12-10-21-17-13(12)3-2-6-20-17/h2-3,6,9-11,23H,4-5,7-8H2,1H3,(H,24,25). The van der Waals surface area contributed by atoms with E-state index in [1.165, 1.54) is 0 Å². The van der Waals surface area contributed by atoms with Gasteiger partial charge < -0.3 is 19.5 Å². The minimum Gasteiger partial charge on any atom is -0.504 e. The molecule has 0 atom stereocenters. The number of aromatic carboxylic acids is 1. The van der Waals surface area contributed by atoms with Gasteiger partial charge in [-0.2, -0.15) is 0 Å². The molecule has 1 saturated heterocycles. The number of pyridine rings is 1. The van der Waals surface area contributed by atoms with Crippen molar-refractivity contribution in [2.75, 3.05) is 18.0 Å². The minimum atomic E-state index is -1.20. The zero-order valence-corrected chi connectivity index (χ0v) is 14.3. The molecule has 7 heteroatoms. The number of aliphatic imine (C=N–C) groups is 1. The van der Waals surface area contributed by atoms with Crippen molar-refractivity contribution in [2.45, 2.75) is 19.8 Å². The fraction of sp³-hybridized carbons (Fsp3) is 0.316. The molecule has 2 aromatic rings. The molecule has 4 rings (SSSR count). The lowest BCUT2D eigenvalue weighted by Crippen LogP contribution is -2.33. The van der Waals surface area contributed by atoms with Crippen LogP contribution in [0.25, 0.3) is 11.6 Å². The van der Waals surface area contributed by atoms with E-state index < -0.39 is 5.97 Å². The molecule has 0 radical (unpaired) electrons. The molecule has 134 valence electrons. The van der Waals surface area contributed by atoms with Gasteiger partial charge in [-0.15, -0.1) is 0 Å². The Morgan fingerprint density at radius 2 is 2.15 bits per heavy atom. The van der Waals surface area contributed by atoms with Gasteiger partial charge >= 0.3 is 5.97 Å². The molecule has 2 aromatic heterocycles. The first-order chi connectivity index (χ1) is 12.5. The second-order valence-corrected chi connectivity index (χ2v) is 6.70. The van der Waals surface area contributed by atoms with Gasteiger partial charge in [0.15, 0.2) is 22.9 Å². The first-order valence-corrected chi connectivity index (χ1v) is 8.59. The molecule has 0 aliphatic carbocycles. The first kappa shape index (κ1) is 16.4. The van der Waals surface area contributed by atoms with Crippen LogP contribution < -0.4 is 4.90 Å². The van der Waals surface area contributed by atoms with Gasteiger partial charge in [0.25, 0.3) is 0 Å². The second kappa shape index (κ2) is 6.33. The highest BCUT2D eigenvalue weighted by molar-refractivity contribution is 6.21. The maximum absolute atomic E-state index is 11.7. The number of carboxylic acid groups (broad SMARTS) is 1. The Labute approximate surface area is 150 Å². The minimum absolute atomic E-state index is 0.120. The van der Waals surface area contributed by atoms with Gasteiger partial charge in [0.05, 0.1) is 0 Å². The van der Waals surface area contributed by atoms with Crippen LogP contribution in [0.3, 0.4) is 0 Å². The van der Waals surface area contributed by atoms with Crippen LogP contribution in [0.2, 0.25) is 0 Å². The number of allylic oxidation sites excluding steroid dienone is 1. The highest BCUT2D eigenvalue weighted by Gasteiger charge is 2.30. The van der Waals surface area contributed by atoms with Crippen LogP contribution in [-0.4, -0.2) is 40.5 Å². The predicted molar refractivity (Wildman–Crippen MR) is 98.2 cm³/mol. The summed E-state index contributed by atoms with van der Waals surface area (Å²) in [5.41, 5.74) is 1.34. The van der Waals surface area contributed by atoms with Crippen molar-refractivity contribution in [1.29, 1.82) is 0 Å². The van der Waals surface area contributed by atoms with Crippen LogP contribution in [0.5, 0.6) is 5.75 Å². The molecule has 7 nitrogen and oxygen atoms in total. The van der Waals surface area contributed by atoms with Crippen molar-refractivity contribution in [3.63, 3.8) is 0 Å². The number of furan rings is 1. The number of hydrogen-bond donors (Lipinski definition) is 2. The Morgan fingerprint density at radius 3 is 2.88 bits per heavy atom. The summed E-state index contributed by atoms with van der Waals surface area (Å²) in [6.45, 7) is 3.59. The summed E-state index contributed by atoms with van der Waals surface area (Å²) in [5.74, 6) is -0.0304. The summed E-state index contributed by atoms with van der Waals surface area (Å²) in [5, 5.41) is 20.0. The third-order valence-electron chi connectivity index (χ3n) is 4.89. The van der Waals surface area contributed by atoms with Gasteiger partial charge in [-0.1, -0.05) is 6.92 Å². The predicted octanol–water partition coefficient (Wildman–Crippen LogP) is 3.57. The summed E-state index contributed by atoms with van der Waals surface area (Å²) < 4.78 is 5.80. The topological polar surface area (TPSA) is 99.2 Å². The Bertz CT molecular complexity index is 921. The lowest BCUT2D eigenvalue weighted by molar-refractivity contribution is 0.0694. The lowest BCUT2D eigenvalue weighted by Gasteiger charge is -2.30. The van der Waals surface area contributed by atoms with Crippen LogP contribution >= 0.6 is 0 Å². The molecule has 0 aromatic carbocycles. The van der Waals surface area contributed by atoms with Crippen molar-refractivity contribution in [1.82, 2.24) is 4.98 Å². The number of carbonyl (C=O) groups is 1. The molecule has 0 amide bonds. The Balaban J connectivity index is 1.74. The van der Waals surface area contributed by atoms with Crippen molar-refractivity contribution in [3.8, 4) is 5.75 Å². The Hall–Kier alpha value is -3.09. The van der Waals surface area contributed by atoms with E-state index in [1.54, 1.807) is 24.6 Å². The molecule has 4 heterocycles. The van der Waals surface area contributed by atoms with Gasteiger partial charge in [0.2, 0.25) is 5.88 Å². The quantitative estimate of drug-likeness (QED) is 0.875. The number of aromatic nitrogens is 1. The summed E-state index contributed by atoms with van der Waals surface area (Å²) in [6, 6.07) is 3.67. The summed E-state index contributed by atoms with van der Waals surface area (Å²) in [4.78, 5) is 22.0. The van der Waals surface area contributed by atoms with E-state index in [4.69, 9.17) is 4.42 Å². The number of rotatable bonds is 3. The molecule has 0 spiro atoms. The lowest BCUT2D eigenvalue weighted by atomic mass is 9.99. The highest BCUT2D eigenvalue weighted by atomic mass is 16.4. The monoisotopic (exact) mass is 353 g/mol. The molecule has 0 unspecified atom stereocenters. The Morgan fingerprint density at radius 1 is 1.38 bits per heavy atom. The SMILES string of the molecule is CC1CCN(c2oc(C=C3C=Nc4ncccc43)c(O)c2C(=O)O)CC1. The molecule has 26 heavy (non-hydrogen) atoms. The normalized spacial score (nSPS) is 18.5. The molecular weight excluding hydrogens is 334 g/mol. The van der Waals surface area contributed by atoms with Crippen molar-refractivity contribution in [2.24, 2.45) is 10.9 Å². The third kappa shape index (κ3) is 2.75. The highest BCUT2D eigenvalue weighted by Crippen LogP contribution is 2.40. The summed E-state index contributed by atoms with van der Waals surface area (Å²) >= 11 is 0. The summed E-state index contributed by atoms with van der Waals surface area (Å²) in [7, 11) is 0. The number of anilines is 1. The average Bonchev–Trinajstić information content (AvgIpc) is 3.18. The van der Waals surface area contributed by atoms with Crippen LogP contribution in [0.4, 0.5) is 11.7 Å². The molecule has 2 N–H and O–H groups in total. The van der Waals surface area contributed by atoms with E-state index in [0.717, 1.165) is 18.4 Å². The number of nitrogens with zero attached hydrogens (tertiary/aromatic N) is 3. The number of carboxylic acids is 1. The fourth-order valence-electron chi connectivity index (χ4n) is 3.33. The second-order valence-electron chi connectivity index (χ2n) is 6.70. The zero-order chi connectivity index (χ0) is 18.3. The van der Waals surface area contributed by atoms with Gasteiger partial charge in [-0.05, 0) is 37.0 Å². The van der Waals surface area contributed by atoms with E-state index >= 15 is 0 Å². The Kier molecular flexibility index (Phi) is 3.99. The van der Waals surface area contributed by atoms with Crippen LogP contribution in [0.15, 0.2) is 27.7 Å². The number of hydrogen-bond acceptors (Lipinski definition) is 6. The number of aromatic hydroxyl groups is 1. The van der Waals surface area contributed by atoms with E-state index in [1.807, 2.05) is 11.0 Å². The van der Waals surface area contributed by atoms with E-state index in [-0.39, 0.29) is 23.0 Å². The molecule has 1 fully saturated rings. The molecular formula is C19H19N3O4. The van der Waals surface area contributed by atoms with Gasteiger partial charge in [0, 0.05) is 36.6 Å². The molecule has 2 aliphatic heterocycles. The van der Waals surface area contributed by atoms with Crippen molar-refractivity contribution in [3.05, 3.63) is 35.2 Å². The van der Waals surface area contributed by atoms with Crippen molar-refractivity contribution < 1.29 is 19.4 Å². The molecule has 2 aliphatic rings. The molecule has 0 saturated carbocycles. The van der Waals surface area contributed by atoms with E-state index in [9.17, 15) is 15.0 Å². The smallest absolute Gasteiger partial charge is 0.345 e. The first-order valence-electron chi connectivity index (χ1n) is 8.59. The van der Waals surface area contributed by atoms with Crippen LogP contribution in [-0.2, 0) is 0 Å². The van der Waals surface area contributed by atoms with E-state index in [0.29, 0.717) is 30.4 Å². The number of piperidine rings is 1. The maximum Gasteiger partial charge on any atom is 0.345 e. The number of fused-ring (bicyclic) bond motifs is 1. The van der Waals surface area contributed by atoms with Gasteiger partial charge in [0.1, 0.15) is 0 Å². The molecule has 0 bridgehead atoms. The zero-order valence-electron chi connectivity index (χ0n) is 14.3. The van der Waals surface area contributed by atoms with Gasteiger partial charge in [-0.3, -0.25) is 0 Å². The van der Waals surface area contributed by atoms with Crippen LogP contribution in [0, 0.1) is 5.92 Å². The van der Waals surface area contributed by atoms with Gasteiger partial charge in [-0.25, -0.2) is 14.8 Å². The van der Waals surface area contributed by atoms with Crippen LogP contribution in [0.1, 0.15) is 41.4 Å². The largest absolute Gasteiger partial charge is 0.504 e. The fourth-order valence-corrected chi connectivity index (χ4v) is 3.33.